The molecule has 4 rings (SSSR count). The van der Waals surface area contributed by atoms with Gasteiger partial charge in [-0.15, -0.1) is 0 Å². The molecule has 1 amide bonds. The van der Waals surface area contributed by atoms with Gasteiger partial charge in [0.2, 0.25) is 0 Å². The number of ether oxygens (including phenoxy) is 2. The third-order valence-electron chi connectivity index (χ3n) is 4.13. The Morgan fingerprint density at radius 2 is 2.08 bits per heavy atom. The van der Waals surface area contributed by atoms with Gasteiger partial charge in [-0.1, -0.05) is 12.1 Å². The average Bonchev–Trinajstić information content (AvgIpc) is 3.22. The second-order valence-electron chi connectivity index (χ2n) is 6.04. The molecule has 0 fully saturated rings. The molecule has 1 atom stereocenters. The minimum absolute atomic E-state index is 0.119. The summed E-state index contributed by atoms with van der Waals surface area (Å²) in [7, 11) is 1.74. The fraction of sp³-hybridized carbons (Fsp3) is 0.211. The molecule has 0 saturated heterocycles. The van der Waals surface area contributed by atoms with E-state index in [0.29, 0.717) is 30.3 Å². The van der Waals surface area contributed by atoms with E-state index in [4.69, 9.17) is 9.47 Å². The highest BCUT2D eigenvalue weighted by atomic mass is 16.6. The fourth-order valence-corrected chi connectivity index (χ4v) is 2.81. The Morgan fingerprint density at radius 3 is 2.81 bits per heavy atom. The summed E-state index contributed by atoms with van der Waals surface area (Å²) in [6.45, 7) is 0.833. The highest BCUT2D eigenvalue weighted by molar-refractivity contribution is 5.93. The van der Waals surface area contributed by atoms with Gasteiger partial charge in [0.05, 0.1) is 12.1 Å². The Labute approximate surface area is 150 Å². The Morgan fingerprint density at radius 1 is 1.23 bits per heavy atom. The van der Waals surface area contributed by atoms with Crippen LogP contribution in [0.15, 0.2) is 61.1 Å². The van der Waals surface area contributed by atoms with E-state index in [-0.39, 0.29) is 12.0 Å². The molecule has 1 aromatic carbocycles. The summed E-state index contributed by atoms with van der Waals surface area (Å²) < 4.78 is 13.2. The topological polar surface area (TPSA) is 69.5 Å². The molecule has 1 aliphatic rings. The van der Waals surface area contributed by atoms with Crippen molar-refractivity contribution in [1.29, 1.82) is 0 Å². The number of aromatic nitrogens is 3. The van der Waals surface area contributed by atoms with Gasteiger partial charge in [0.15, 0.2) is 23.4 Å². The third kappa shape index (κ3) is 3.23. The van der Waals surface area contributed by atoms with E-state index >= 15 is 0 Å². The molecule has 7 nitrogen and oxygen atoms in total. The molecule has 2 aromatic heterocycles. The Kier molecular flexibility index (Phi) is 4.27. The molecule has 0 spiro atoms. The van der Waals surface area contributed by atoms with E-state index in [1.165, 1.54) is 0 Å². The quantitative estimate of drug-likeness (QED) is 0.721. The molecule has 1 aliphatic heterocycles. The van der Waals surface area contributed by atoms with E-state index in [2.05, 4.69) is 10.1 Å². The minimum Gasteiger partial charge on any atom is -0.486 e. The van der Waals surface area contributed by atoms with Gasteiger partial charge < -0.3 is 14.4 Å². The number of nitrogens with zero attached hydrogens (tertiary/aromatic N) is 4. The monoisotopic (exact) mass is 350 g/mol. The molecular weight excluding hydrogens is 332 g/mol. The average molecular weight is 350 g/mol. The molecule has 26 heavy (non-hydrogen) atoms. The lowest BCUT2D eigenvalue weighted by Gasteiger charge is -2.29. The highest BCUT2D eigenvalue weighted by Gasteiger charge is 2.24. The van der Waals surface area contributed by atoms with Crippen LogP contribution >= 0.6 is 0 Å². The van der Waals surface area contributed by atoms with Crippen molar-refractivity contribution in [3.8, 4) is 17.3 Å². The first-order valence-electron chi connectivity index (χ1n) is 8.31. The van der Waals surface area contributed by atoms with Crippen LogP contribution in [0, 0.1) is 0 Å². The van der Waals surface area contributed by atoms with Gasteiger partial charge in [-0.05, 0) is 30.3 Å². The number of benzene rings is 1. The summed E-state index contributed by atoms with van der Waals surface area (Å²) in [5.41, 5.74) is 0.514. The van der Waals surface area contributed by atoms with Crippen LogP contribution in [0.5, 0.6) is 11.5 Å². The summed E-state index contributed by atoms with van der Waals surface area (Å²) >= 11 is 0. The number of fused-ring (bicyclic) bond motifs is 1. The number of amides is 1. The van der Waals surface area contributed by atoms with Crippen molar-refractivity contribution in [1.82, 2.24) is 19.7 Å². The number of carbonyl (C=O) groups excluding carboxylic acids is 1. The number of hydrogen-bond acceptors (Lipinski definition) is 5. The summed E-state index contributed by atoms with van der Waals surface area (Å²) in [5.74, 6) is 1.98. The first kappa shape index (κ1) is 16.1. The molecule has 0 N–H and O–H groups in total. The zero-order valence-corrected chi connectivity index (χ0v) is 14.3. The van der Waals surface area contributed by atoms with Gasteiger partial charge in [-0.25, -0.2) is 9.67 Å². The highest BCUT2D eigenvalue weighted by Crippen LogP contribution is 2.31. The van der Waals surface area contributed by atoms with Crippen molar-refractivity contribution < 1.29 is 14.3 Å². The molecule has 132 valence electrons. The van der Waals surface area contributed by atoms with Gasteiger partial charge in [-0.2, -0.15) is 5.10 Å². The lowest BCUT2D eigenvalue weighted by atomic mass is 10.2. The Bertz CT molecular complexity index is 893. The van der Waals surface area contributed by atoms with Crippen LogP contribution in [-0.2, 0) is 0 Å². The van der Waals surface area contributed by atoms with Crippen molar-refractivity contribution >= 4 is 5.91 Å². The van der Waals surface area contributed by atoms with Crippen LogP contribution < -0.4 is 9.47 Å². The van der Waals surface area contributed by atoms with Crippen molar-refractivity contribution in [2.45, 2.75) is 6.10 Å². The summed E-state index contributed by atoms with van der Waals surface area (Å²) in [6.07, 6.45) is 4.83. The summed E-state index contributed by atoms with van der Waals surface area (Å²) in [5, 5.41) is 4.12. The van der Waals surface area contributed by atoms with Crippen molar-refractivity contribution in [2.75, 3.05) is 20.2 Å². The van der Waals surface area contributed by atoms with E-state index in [0.717, 1.165) is 5.75 Å². The van der Waals surface area contributed by atoms with E-state index in [1.54, 1.807) is 47.4 Å². The Balaban J connectivity index is 1.40. The molecule has 0 aliphatic carbocycles. The van der Waals surface area contributed by atoms with E-state index in [9.17, 15) is 4.79 Å². The zero-order valence-electron chi connectivity index (χ0n) is 14.3. The predicted octanol–water partition coefficient (Wildman–Crippen LogP) is 2.18. The maximum absolute atomic E-state index is 12.6. The van der Waals surface area contributed by atoms with E-state index in [1.807, 2.05) is 30.3 Å². The minimum atomic E-state index is -0.213. The van der Waals surface area contributed by atoms with Crippen LogP contribution in [0.4, 0.5) is 0 Å². The van der Waals surface area contributed by atoms with E-state index < -0.39 is 0 Å². The largest absolute Gasteiger partial charge is 0.486 e. The third-order valence-corrected chi connectivity index (χ3v) is 4.13. The van der Waals surface area contributed by atoms with Gasteiger partial charge >= 0.3 is 0 Å². The Hall–Kier alpha value is -3.35. The summed E-state index contributed by atoms with van der Waals surface area (Å²) in [6, 6.07) is 12.9. The molecule has 0 saturated carbocycles. The number of rotatable bonds is 4. The van der Waals surface area contributed by atoms with Gasteiger partial charge in [0.1, 0.15) is 6.61 Å². The second-order valence-corrected chi connectivity index (χ2v) is 6.04. The second kappa shape index (κ2) is 6.87. The zero-order chi connectivity index (χ0) is 17.9. The molecule has 0 bridgehead atoms. The van der Waals surface area contributed by atoms with Crippen molar-refractivity contribution in [2.24, 2.45) is 0 Å². The van der Waals surface area contributed by atoms with Crippen LogP contribution in [-0.4, -0.2) is 51.9 Å². The smallest absolute Gasteiger partial charge is 0.255 e. The van der Waals surface area contributed by atoms with Gasteiger partial charge in [-0.3, -0.25) is 4.79 Å². The molecular formula is C19H18N4O3. The first-order chi connectivity index (χ1) is 12.7. The lowest BCUT2D eigenvalue weighted by Crippen LogP contribution is -2.41. The molecule has 3 heterocycles. The van der Waals surface area contributed by atoms with Crippen LogP contribution in [0.25, 0.3) is 5.82 Å². The molecule has 7 heteroatoms. The predicted molar refractivity (Wildman–Crippen MR) is 94.7 cm³/mol. The standard InChI is InChI=1S/C19H18N4O3/c1-22(12-15-13-25-16-5-2-3-6-17(16)26-15)19(24)14-7-8-18(20-11-14)23-10-4-9-21-23/h2-11,15H,12-13H2,1H3/t15-/m1/s1. The van der Waals surface area contributed by atoms with Crippen LogP contribution in [0.1, 0.15) is 10.4 Å². The van der Waals surface area contributed by atoms with Crippen LogP contribution in [0.2, 0.25) is 0 Å². The maximum Gasteiger partial charge on any atom is 0.255 e. The van der Waals surface area contributed by atoms with Gasteiger partial charge in [0, 0.05) is 25.6 Å². The molecule has 0 radical (unpaired) electrons. The number of pyridine rings is 1. The fourth-order valence-electron chi connectivity index (χ4n) is 2.81. The SMILES string of the molecule is CN(C[C@@H]1COc2ccccc2O1)C(=O)c1ccc(-n2cccn2)nc1. The van der Waals surface area contributed by atoms with Crippen molar-refractivity contribution in [3.05, 3.63) is 66.6 Å². The van der Waals surface area contributed by atoms with Gasteiger partial charge in [0.25, 0.3) is 5.91 Å². The number of hydrogen-bond donors (Lipinski definition) is 0. The first-order valence-corrected chi connectivity index (χ1v) is 8.31. The molecule has 0 unspecified atom stereocenters. The maximum atomic E-state index is 12.6. The normalized spacial score (nSPS) is 15.5. The number of likely N-dealkylation sites (N-methyl/N-ethyl adjacent to an activating group) is 1. The number of para-hydroxylation sites is 2. The lowest BCUT2D eigenvalue weighted by molar-refractivity contribution is 0.0520. The summed E-state index contributed by atoms with van der Waals surface area (Å²) in [4.78, 5) is 18.5. The molecule has 3 aromatic rings. The number of carbonyl (C=O) groups is 1. The van der Waals surface area contributed by atoms with Crippen molar-refractivity contribution in [3.63, 3.8) is 0 Å². The van der Waals surface area contributed by atoms with Crippen LogP contribution in [0.3, 0.4) is 0 Å².